The van der Waals surface area contributed by atoms with Crippen molar-refractivity contribution >= 4 is 5.65 Å². The van der Waals surface area contributed by atoms with Crippen LogP contribution in [0.25, 0.3) is 16.9 Å². The number of nitrogens with zero attached hydrogens (tertiary/aromatic N) is 2. The first-order chi connectivity index (χ1) is 9.20. The molecule has 2 heterocycles. The second-order valence-electron chi connectivity index (χ2n) is 4.17. The van der Waals surface area contributed by atoms with Crippen LogP contribution in [0.5, 0.6) is 0 Å². The van der Waals surface area contributed by atoms with Gasteiger partial charge in [-0.05, 0) is 24.3 Å². The quantitative estimate of drug-likeness (QED) is 0.769. The SMILES string of the molecule is NCc1c(-c2ccccc2F)nc2ccc(F)cn12. The number of rotatable bonds is 2. The van der Waals surface area contributed by atoms with E-state index in [1.54, 1.807) is 28.7 Å². The Balaban J connectivity index is 2.33. The molecule has 0 atom stereocenters. The molecule has 2 aromatic heterocycles. The van der Waals surface area contributed by atoms with Crippen LogP contribution in [-0.2, 0) is 6.54 Å². The Morgan fingerprint density at radius 1 is 1.11 bits per heavy atom. The molecule has 3 aromatic rings. The summed E-state index contributed by atoms with van der Waals surface area (Å²) in [6.07, 6.45) is 1.30. The molecule has 0 fully saturated rings. The van der Waals surface area contributed by atoms with Crippen molar-refractivity contribution in [2.45, 2.75) is 6.54 Å². The standard InChI is InChI=1S/C14H11F2N3/c15-9-5-6-13-18-14(12(7-17)19(13)8-9)10-3-1-2-4-11(10)16/h1-6,8H,7,17H2. The summed E-state index contributed by atoms with van der Waals surface area (Å²) in [6, 6.07) is 9.18. The number of hydrogen-bond acceptors (Lipinski definition) is 2. The summed E-state index contributed by atoms with van der Waals surface area (Å²) in [5, 5.41) is 0. The number of pyridine rings is 1. The van der Waals surface area contributed by atoms with Gasteiger partial charge >= 0.3 is 0 Å². The number of hydrogen-bond donors (Lipinski definition) is 1. The average molecular weight is 259 g/mol. The van der Waals surface area contributed by atoms with E-state index in [9.17, 15) is 8.78 Å². The lowest BCUT2D eigenvalue weighted by Gasteiger charge is -2.03. The van der Waals surface area contributed by atoms with E-state index in [1.807, 2.05) is 0 Å². The third-order valence-electron chi connectivity index (χ3n) is 3.00. The molecule has 0 aliphatic rings. The van der Waals surface area contributed by atoms with E-state index in [-0.39, 0.29) is 18.2 Å². The molecule has 3 rings (SSSR count). The highest BCUT2D eigenvalue weighted by Gasteiger charge is 2.15. The van der Waals surface area contributed by atoms with Crippen LogP contribution in [-0.4, -0.2) is 9.38 Å². The summed E-state index contributed by atoms with van der Waals surface area (Å²) >= 11 is 0. The van der Waals surface area contributed by atoms with Crippen molar-refractivity contribution in [3.63, 3.8) is 0 Å². The van der Waals surface area contributed by atoms with Gasteiger partial charge in [0.15, 0.2) is 0 Å². The molecular formula is C14H11F2N3. The second kappa shape index (κ2) is 4.44. The van der Waals surface area contributed by atoms with Gasteiger partial charge in [-0.3, -0.25) is 4.40 Å². The zero-order valence-corrected chi connectivity index (χ0v) is 9.98. The van der Waals surface area contributed by atoms with Crippen LogP contribution in [0, 0.1) is 11.6 Å². The minimum Gasteiger partial charge on any atom is -0.325 e. The Hall–Kier alpha value is -2.27. The number of aromatic nitrogens is 2. The molecule has 0 saturated carbocycles. The molecule has 3 nitrogen and oxygen atoms in total. The molecular weight excluding hydrogens is 248 g/mol. The van der Waals surface area contributed by atoms with E-state index < -0.39 is 0 Å². The molecule has 2 N–H and O–H groups in total. The van der Waals surface area contributed by atoms with Crippen LogP contribution in [0.3, 0.4) is 0 Å². The molecule has 19 heavy (non-hydrogen) atoms. The van der Waals surface area contributed by atoms with Crippen LogP contribution in [0.1, 0.15) is 5.69 Å². The highest BCUT2D eigenvalue weighted by Crippen LogP contribution is 2.26. The van der Waals surface area contributed by atoms with E-state index in [4.69, 9.17) is 5.73 Å². The number of fused-ring (bicyclic) bond motifs is 1. The third-order valence-corrected chi connectivity index (χ3v) is 3.00. The van der Waals surface area contributed by atoms with Gasteiger partial charge in [0.05, 0.1) is 11.4 Å². The minimum atomic E-state index is -0.389. The van der Waals surface area contributed by atoms with Gasteiger partial charge in [0, 0.05) is 18.3 Å². The van der Waals surface area contributed by atoms with Gasteiger partial charge < -0.3 is 5.73 Å². The Morgan fingerprint density at radius 3 is 2.63 bits per heavy atom. The average Bonchev–Trinajstić information content (AvgIpc) is 2.76. The Labute approximate surface area is 108 Å². The van der Waals surface area contributed by atoms with E-state index in [0.29, 0.717) is 22.6 Å². The second-order valence-corrected chi connectivity index (χ2v) is 4.17. The number of imidazole rings is 1. The van der Waals surface area contributed by atoms with E-state index in [2.05, 4.69) is 4.98 Å². The lowest BCUT2D eigenvalue weighted by molar-refractivity contribution is 0.617. The van der Waals surface area contributed by atoms with Crippen molar-refractivity contribution < 1.29 is 8.78 Å². The van der Waals surface area contributed by atoms with Crippen molar-refractivity contribution in [2.75, 3.05) is 0 Å². The molecule has 1 aromatic carbocycles. The van der Waals surface area contributed by atoms with Crippen molar-refractivity contribution in [3.05, 3.63) is 59.9 Å². The van der Waals surface area contributed by atoms with Crippen LogP contribution >= 0.6 is 0 Å². The normalized spacial score (nSPS) is 11.1. The lowest BCUT2D eigenvalue weighted by atomic mass is 10.1. The summed E-state index contributed by atoms with van der Waals surface area (Å²) in [5.74, 6) is -0.763. The maximum Gasteiger partial charge on any atom is 0.139 e. The highest BCUT2D eigenvalue weighted by atomic mass is 19.1. The van der Waals surface area contributed by atoms with Gasteiger partial charge in [-0.2, -0.15) is 0 Å². The predicted octanol–water partition coefficient (Wildman–Crippen LogP) is 2.74. The van der Waals surface area contributed by atoms with Gasteiger partial charge in [0.2, 0.25) is 0 Å². The molecule has 0 bridgehead atoms. The zero-order valence-electron chi connectivity index (χ0n) is 9.98. The molecule has 0 radical (unpaired) electrons. The zero-order chi connectivity index (χ0) is 13.4. The monoisotopic (exact) mass is 259 g/mol. The number of halogens is 2. The van der Waals surface area contributed by atoms with Crippen LogP contribution in [0.4, 0.5) is 8.78 Å². The predicted molar refractivity (Wildman–Crippen MR) is 68.4 cm³/mol. The molecule has 0 spiro atoms. The Kier molecular flexibility index (Phi) is 2.76. The van der Waals surface area contributed by atoms with E-state index >= 15 is 0 Å². The highest BCUT2D eigenvalue weighted by molar-refractivity contribution is 5.67. The smallest absolute Gasteiger partial charge is 0.139 e. The van der Waals surface area contributed by atoms with Gasteiger partial charge in [0.1, 0.15) is 17.3 Å². The topological polar surface area (TPSA) is 43.3 Å². The van der Waals surface area contributed by atoms with Gasteiger partial charge in [-0.15, -0.1) is 0 Å². The summed E-state index contributed by atoms with van der Waals surface area (Å²) in [4.78, 5) is 4.33. The Morgan fingerprint density at radius 2 is 1.89 bits per heavy atom. The van der Waals surface area contributed by atoms with Crippen LogP contribution in [0.15, 0.2) is 42.6 Å². The first-order valence-corrected chi connectivity index (χ1v) is 5.82. The van der Waals surface area contributed by atoms with Gasteiger partial charge in [-0.25, -0.2) is 13.8 Å². The maximum atomic E-state index is 13.8. The van der Waals surface area contributed by atoms with Gasteiger partial charge in [-0.1, -0.05) is 12.1 Å². The van der Waals surface area contributed by atoms with E-state index in [1.165, 1.54) is 18.3 Å². The maximum absolute atomic E-state index is 13.8. The van der Waals surface area contributed by atoms with Crippen molar-refractivity contribution in [1.29, 1.82) is 0 Å². The summed E-state index contributed by atoms with van der Waals surface area (Å²) in [7, 11) is 0. The minimum absolute atomic E-state index is 0.147. The van der Waals surface area contributed by atoms with Gasteiger partial charge in [0.25, 0.3) is 0 Å². The summed E-state index contributed by atoms with van der Waals surface area (Å²) in [5.41, 5.74) is 7.64. The van der Waals surface area contributed by atoms with Crippen LogP contribution in [0.2, 0.25) is 0 Å². The fourth-order valence-electron chi connectivity index (χ4n) is 2.13. The third kappa shape index (κ3) is 1.88. The molecule has 0 aliphatic heterocycles. The molecule has 96 valence electrons. The molecule has 0 aliphatic carbocycles. The summed E-state index contributed by atoms with van der Waals surface area (Å²) < 4.78 is 28.7. The summed E-state index contributed by atoms with van der Waals surface area (Å²) in [6.45, 7) is 0.147. The first kappa shape index (κ1) is 11.8. The molecule has 0 saturated heterocycles. The fourth-order valence-corrected chi connectivity index (χ4v) is 2.13. The van der Waals surface area contributed by atoms with Crippen molar-refractivity contribution in [3.8, 4) is 11.3 Å². The largest absolute Gasteiger partial charge is 0.325 e. The number of nitrogens with two attached hydrogens (primary N) is 1. The Bertz CT molecular complexity index is 750. The molecule has 5 heteroatoms. The van der Waals surface area contributed by atoms with Crippen LogP contribution < -0.4 is 5.73 Å². The van der Waals surface area contributed by atoms with E-state index in [0.717, 1.165) is 0 Å². The van der Waals surface area contributed by atoms with Crippen molar-refractivity contribution in [2.24, 2.45) is 5.73 Å². The number of benzene rings is 1. The van der Waals surface area contributed by atoms with Crippen molar-refractivity contribution in [1.82, 2.24) is 9.38 Å². The lowest BCUT2D eigenvalue weighted by Crippen LogP contribution is -2.03. The fraction of sp³-hybridized carbons (Fsp3) is 0.0714. The first-order valence-electron chi connectivity index (χ1n) is 5.82. The molecule has 0 unspecified atom stereocenters. The molecule has 0 amide bonds.